The zero-order valence-electron chi connectivity index (χ0n) is 15.1. The number of anilines is 1. The maximum atomic E-state index is 12.2. The number of hydrogen-bond acceptors (Lipinski definition) is 5. The highest BCUT2D eigenvalue weighted by atomic mass is 16.7. The molecule has 1 heterocycles. The molecule has 1 amide bonds. The van der Waals surface area contributed by atoms with Gasteiger partial charge in [-0.15, -0.1) is 0 Å². The van der Waals surface area contributed by atoms with E-state index in [-0.39, 0.29) is 18.8 Å². The molecule has 0 aromatic heterocycles. The van der Waals surface area contributed by atoms with Crippen molar-refractivity contribution in [2.24, 2.45) is 0 Å². The number of rotatable bonds is 8. The third-order valence-electron chi connectivity index (χ3n) is 3.82. The minimum absolute atomic E-state index is 0.0522. The van der Waals surface area contributed by atoms with Crippen molar-refractivity contribution >= 4 is 11.6 Å². The summed E-state index contributed by atoms with van der Waals surface area (Å²) in [4.78, 5) is 12.2. The number of para-hydroxylation sites is 2. The van der Waals surface area contributed by atoms with Gasteiger partial charge < -0.3 is 24.8 Å². The maximum Gasteiger partial charge on any atom is 0.231 e. The van der Waals surface area contributed by atoms with Gasteiger partial charge in [0.2, 0.25) is 12.7 Å². The SMILES string of the molecule is CC(C)Oc1ccccc1NC(=O)CCNCc1ccc2c(c1)OCO2. The Hall–Kier alpha value is -2.73. The first kappa shape index (κ1) is 18.1. The molecule has 0 spiro atoms. The lowest BCUT2D eigenvalue weighted by Gasteiger charge is -2.14. The van der Waals surface area contributed by atoms with Crippen molar-refractivity contribution in [3.05, 3.63) is 48.0 Å². The number of fused-ring (bicyclic) bond motifs is 1. The van der Waals surface area contributed by atoms with Crippen LogP contribution >= 0.6 is 0 Å². The molecule has 1 aliphatic rings. The lowest BCUT2D eigenvalue weighted by Crippen LogP contribution is -2.22. The molecule has 138 valence electrons. The van der Waals surface area contributed by atoms with Crippen molar-refractivity contribution in [3.63, 3.8) is 0 Å². The molecule has 2 aromatic rings. The third-order valence-corrected chi connectivity index (χ3v) is 3.82. The summed E-state index contributed by atoms with van der Waals surface area (Å²) in [6.45, 7) is 5.43. The number of nitrogens with one attached hydrogen (secondary N) is 2. The first-order valence-corrected chi connectivity index (χ1v) is 8.76. The second-order valence-corrected chi connectivity index (χ2v) is 6.33. The van der Waals surface area contributed by atoms with Crippen LogP contribution in [0.2, 0.25) is 0 Å². The van der Waals surface area contributed by atoms with Gasteiger partial charge in [-0.05, 0) is 43.7 Å². The van der Waals surface area contributed by atoms with Crippen LogP contribution in [0.15, 0.2) is 42.5 Å². The number of ether oxygens (including phenoxy) is 3. The molecule has 0 saturated carbocycles. The molecular formula is C20H24N2O4. The molecular weight excluding hydrogens is 332 g/mol. The van der Waals surface area contributed by atoms with E-state index in [0.717, 1.165) is 17.1 Å². The largest absolute Gasteiger partial charge is 0.489 e. The van der Waals surface area contributed by atoms with E-state index in [1.807, 2.05) is 56.3 Å². The second-order valence-electron chi connectivity index (χ2n) is 6.33. The average molecular weight is 356 g/mol. The summed E-state index contributed by atoms with van der Waals surface area (Å²) in [5.74, 6) is 2.17. The molecule has 2 N–H and O–H groups in total. The van der Waals surface area contributed by atoms with Crippen molar-refractivity contribution < 1.29 is 19.0 Å². The summed E-state index contributed by atoms with van der Waals surface area (Å²) in [5, 5.41) is 6.18. The van der Waals surface area contributed by atoms with Crippen LogP contribution in [0.5, 0.6) is 17.2 Å². The van der Waals surface area contributed by atoms with Crippen LogP contribution in [0.25, 0.3) is 0 Å². The smallest absolute Gasteiger partial charge is 0.231 e. The van der Waals surface area contributed by atoms with Gasteiger partial charge in [0, 0.05) is 19.5 Å². The lowest BCUT2D eigenvalue weighted by molar-refractivity contribution is -0.116. The van der Waals surface area contributed by atoms with E-state index >= 15 is 0 Å². The van der Waals surface area contributed by atoms with Gasteiger partial charge in [0.05, 0.1) is 11.8 Å². The van der Waals surface area contributed by atoms with E-state index in [1.54, 1.807) is 0 Å². The van der Waals surface area contributed by atoms with Crippen LogP contribution in [-0.4, -0.2) is 25.3 Å². The minimum Gasteiger partial charge on any atom is -0.489 e. The topological polar surface area (TPSA) is 68.8 Å². The summed E-state index contributed by atoms with van der Waals surface area (Å²) in [5.41, 5.74) is 1.78. The van der Waals surface area contributed by atoms with Gasteiger partial charge in [0.25, 0.3) is 0 Å². The summed E-state index contributed by atoms with van der Waals surface area (Å²) >= 11 is 0. The van der Waals surface area contributed by atoms with Gasteiger partial charge in [-0.3, -0.25) is 4.79 Å². The number of hydrogen-bond donors (Lipinski definition) is 2. The summed E-state index contributed by atoms with van der Waals surface area (Å²) < 4.78 is 16.4. The van der Waals surface area contributed by atoms with Gasteiger partial charge in [-0.25, -0.2) is 0 Å². The molecule has 0 fully saturated rings. The van der Waals surface area contributed by atoms with Gasteiger partial charge in [-0.2, -0.15) is 0 Å². The summed E-state index contributed by atoms with van der Waals surface area (Å²) in [6.07, 6.45) is 0.428. The van der Waals surface area contributed by atoms with Crippen molar-refractivity contribution in [1.82, 2.24) is 5.32 Å². The predicted octanol–water partition coefficient (Wildman–Crippen LogP) is 3.32. The van der Waals surface area contributed by atoms with Gasteiger partial charge in [0.1, 0.15) is 5.75 Å². The molecule has 26 heavy (non-hydrogen) atoms. The highest BCUT2D eigenvalue weighted by Crippen LogP contribution is 2.32. The first-order valence-electron chi connectivity index (χ1n) is 8.76. The summed E-state index contributed by atoms with van der Waals surface area (Å²) in [7, 11) is 0. The molecule has 0 saturated heterocycles. The van der Waals surface area contributed by atoms with Gasteiger partial charge in [-0.1, -0.05) is 18.2 Å². The maximum absolute atomic E-state index is 12.2. The van der Waals surface area contributed by atoms with Crippen LogP contribution in [0.3, 0.4) is 0 Å². The Balaban J connectivity index is 1.43. The number of amides is 1. The Labute approximate surface area is 153 Å². The van der Waals surface area contributed by atoms with Crippen LogP contribution in [0.1, 0.15) is 25.8 Å². The number of benzene rings is 2. The van der Waals surface area contributed by atoms with E-state index in [9.17, 15) is 4.79 Å². The van der Waals surface area contributed by atoms with Gasteiger partial charge in [0.15, 0.2) is 11.5 Å². The lowest BCUT2D eigenvalue weighted by atomic mass is 10.2. The van der Waals surface area contributed by atoms with Gasteiger partial charge >= 0.3 is 0 Å². The minimum atomic E-state index is -0.0528. The molecule has 0 bridgehead atoms. The van der Waals surface area contributed by atoms with E-state index in [4.69, 9.17) is 14.2 Å². The molecule has 3 rings (SSSR count). The van der Waals surface area contributed by atoms with E-state index < -0.39 is 0 Å². The first-order chi connectivity index (χ1) is 12.6. The molecule has 0 radical (unpaired) electrons. The molecule has 1 aliphatic heterocycles. The Bertz CT molecular complexity index is 761. The number of carbonyl (C=O) groups excluding carboxylic acids is 1. The van der Waals surface area contributed by atoms with Crippen molar-refractivity contribution in [1.29, 1.82) is 0 Å². The Morgan fingerprint density at radius 1 is 1.15 bits per heavy atom. The fourth-order valence-corrected chi connectivity index (χ4v) is 2.62. The zero-order valence-corrected chi connectivity index (χ0v) is 15.1. The Morgan fingerprint density at radius 3 is 2.81 bits per heavy atom. The molecule has 0 unspecified atom stereocenters. The molecule has 0 aliphatic carbocycles. The monoisotopic (exact) mass is 356 g/mol. The molecule has 6 heteroatoms. The highest BCUT2D eigenvalue weighted by Gasteiger charge is 2.13. The fourth-order valence-electron chi connectivity index (χ4n) is 2.62. The van der Waals surface area contributed by atoms with Crippen molar-refractivity contribution in [2.75, 3.05) is 18.7 Å². The molecule has 2 aromatic carbocycles. The fraction of sp³-hybridized carbons (Fsp3) is 0.350. The van der Waals surface area contributed by atoms with Crippen LogP contribution in [-0.2, 0) is 11.3 Å². The van der Waals surface area contributed by atoms with E-state index in [0.29, 0.717) is 30.9 Å². The third kappa shape index (κ3) is 4.89. The summed E-state index contributed by atoms with van der Waals surface area (Å²) in [6, 6.07) is 13.3. The zero-order chi connectivity index (χ0) is 18.4. The standard InChI is InChI=1S/C20H24N2O4/c1-14(2)26-17-6-4-3-5-16(17)22-20(23)9-10-21-12-15-7-8-18-19(11-15)25-13-24-18/h3-8,11,14,21H,9-10,12-13H2,1-2H3,(H,22,23). The highest BCUT2D eigenvalue weighted by molar-refractivity contribution is 5.92. The second kappa shape index (κ2) is 8.58. The van der Waals surface area contributed by atoms with Crippen molar-refractivity contribution in [2.45, 2.75) is 32.9 Å². The van der Waals surface area contributed by atoms with Crippen molar-refractivity contribution in [3.8, 4) is 17.2 Å². The van der Waals surface area contributed by atoms with Crippen LogP contribution in [0, 0.1) is 0 Å². The average Bonchev–Trinajstić information content (AvgIpc) is 3.08. The number of carbonyl (C=O) groups is 1. The van der Waals surface area contributed by atoms with Crippen LogP contribution < -0.4 is 24.8 Å². The Morgan fingerprint density at radius 2 is 1.96 bits per heavy atom. The molecule has 0 atom stereocenters. The normalized spacial score (nSPS) is 12.3. The van der Waals surface area contributed by atoms with E-state index in [2.05, 4.69) is 10.6 Å². The van der Waals surface area contributed by atoms with E-state index in [1.165, 1.54) is 0 Å². The predicted molar refractivity (Wildman–Crippen MR) is 99.7 cm³/mol. The molecule has 6 nitrogen and oxygen atoms in total. The quantitative estimate of drug-likeness (QED) is 0.710. The Kier molecular flexibility index (Phi) is 5.96. The van der Waals surface area contributed by atoms with Crippen LogP contribution in [0.4, 0.5) is 5.69 Å².